The minimum absolute atomic E-state index is 0.334. The number of hydrogen-bond donors (Lipinski definition) is 1. The van der Waals surface area contributed by atoms with Crippen molar-refractivity contribution < 1.29 is 0 Å². The highest BCUT2D eigenvalue weighted by molar-refractivity contribution is 4.86. The molecule has 18 heavy (non-hydrogen) atoms. The van der Waals surface area contributed by atoms with Crippen LogP contribution >= 0.6 is 0 Å². The second-order valence-electron chi connectivity index (χ2n) is 6.71. The van der Waals surface area contributed by atoms with Crippen LogP contribution in [0.3, 0.4) is 0 Å². The van der Waals surface area contributed by atoms with E-state index in [9.17, 15) is 0 Å². The van der Waals surface area contributed by atoms with Crippen LogP contribution in [-0.2, 0) is 0 Å². The second-order valence-corrected chi connectivity index (χ2v) is 6.71. The molecule has 2 atom stereocenters. The van der Waals surface area contributed by atoms with Gasteiger partial charge in [0.1, 0.15) is 0 Å². The van der Waals surface area contributed by atoms with Crippen molar-refractivity contribution in [3.8, 4) is 0 Å². The highest BCUT2D eigenvalue weighted by Gasteiger charge is 2.29. The molecule has 0 amide bonds. The van der Waals surface area contributed by atoms with Crippen molar-refractivity contribution in [1.29, 1.82) is 0 Å². The Balaban J connectivity index is 2.50. The minimum atomic E-state index is 0.334. The van der Waals surface area contributed by atoms with Gasteiger partial charge in [-0.2, -0.15) is 0 Å². The summed E-state index contributed by atoms with van der Waals surface area (Å²) >= 11 is 0. The molecular weight excluding hydrogens is 222 g/mol. The first kappa shape index (κ1) is 15.9. The van der Waals surface area contributed by atoms with Crippen LogP contribution in [0.4, 0.5) is 0 Å². The van der Waals surface area contributed by atoms with Crippen molar-refractivity contribution >= 4 is 0 Å². The van der Waals surface area contributed by atoms with Gasteiger partial charge in [-0.1, -0.05) is 34.6 Å². The van der Waals surface area contributed by atoms with E-state index < -0.39 is 0 Å². The fourth-order valence-corrected chi connectivity index (χ4v) is 2.86. The van der Waals surface area contributed by atoms with E-state index in [4.69, 9.17) is 0 Å². The maximum Gasteiger partial charge on any atom is 0.0243 e. The number of nitrogens with one attached hydrogen (secondary N) is 1. The van der Waals surface area contributed by atoms with Gasteiger partial charge in [0.2, 0.25) is 0 Å². The summed E-state index contributed by atoms with van der Waals surface area (Å²) in [6.07, 6.45) is 0. The summed E-state index contributed by atoms with van der Waals surface area (Å²) in [5, 5.41) is 3.65. The monoisotopic (exact) mass is 255 g/mol. The Kier molecular flexibility index (Phi) is 6.09. The third-order valence-electron chi connectivity index (χ3n) is 4.19. The summed E-state index contributed by atoms with van der Waals surface area (Å²) in [6.45, 7) is 20.9. The van der Waals surface area contributed by atoms with E-state index in [0.29, 0.717) is 17.5 Å². The molecule has 0 saturated carbocycles. The number of nitrogens with zero attached hydrogens (tertiary/aromatic N) is 2. The molecule has 2 unspecified atom stereocenters. The minimum Gasteiger partial charge on any atom is -0.312 e. The molecule has 3 heteroatoms. The molecule has 108 valence electrons. The van der Waals surface area contributed by atoms with Gasteiger partial charge < -0.3 is 5.32 Å². The van der Waals surface area contributed by atoms with E-state index in [1.165, 1.54) is 32.7 Å². The van der Waals surface area contributed by atoms with E-state index >= 15 is 0 Å². The van der Waals surface area contributed by atoms with Gasteiger partial charge in [-0.25, -0.2) is 0 Å². The zero-order chi connectivity index (χ0) is 13.8. The lowest BCUT2D eigenvalue weighted by Crippen LogP contribution is -2.56. The lowest BCUT2D eigenvalue weighted by molar-refractivity contribution is 0.0685. The summed E-state index contributed by atoms with van der Waals surface area (Å²) in [6, 6.07) is 1.29. The summed E-state index contributed by atoms with van der Waals surface area (Å²) < 4.78 is 0. The molecule has 1 fully saturated rings. The average Bonchev–Trinajstić information content (AvgIpc) is 2.27. The molecule has 0 aromatic rings. The fourth-order valence-electron chi connectivity index (χ4n) is 2.86. The van der Waals surface area contributed by atoms with Crippen LogP contribution in [0.1, 0.15) is 41.5 Å². The van der Waals surface area contributed by atoms with E-state index in [1.54, 1.807) is 0 Å². The van der Waals surface area contributed by atoms with Gasteiger partial charge >= 0.3 is 0 Å². The highest BCUT2D eigenvalue weighted by Crippen LogP contribution is 2.21. The Hall–Kier alpha value is -0.120. The summed E-state index contributed by atoms with van der Waals surface area (Å²) in [7, 11) is 0. The van der Waals surface area contributed by atoms with Gasteiger partial charge in [0.05, 0.1) is 0 Å². The Morgan fingerprint density at radius 1 is 1.22 bits per heavy atom. The van der Waals surface area contributed by atoms with Crippen LogP contribution in [0.15, 0.2) is 0 Å². The molecule has 1 N–H and O–H groups in total. The Bertz CT molecular complexity index is 234. The van der Waals surface area contributed by atoms with E-state index in [1.807, 2.05) is 0 Å². The van der Waals surface area contributed by atoms with Crippen LogP contribution in [-0.4, -0.2) is 61.2 Å². The molecule has 1 aliphatic rings. The van der Waals surface area contributed by atoms with Crippen molar-refractivity contribution in [1.82, 2.24) is 15.1 Å². The SMILES string of the molecule is CCNC(CN1CCN(CC)C(C)C1)C(C)(C)C. The van der Waals surface area contributed by atoms with Crippen molar-refractivity contribution in [2.24, 2.45) is 5.41 Å². The van der Waals surface area contributed by atoms with Gasteiger partial charge in [0.25, 0.3) is 0 Å². The van der Waals surface area contributed by atoms with Gasteiger partial charge in [0.15, 0.2) is 0 Å². The molecule has 0 aromatic carbocycles. The summed E-state index contributed by atoms with van der Waals surface area (Å²) in [4.78, 5) is 5.21. The molecular formula is C15H33N3. The van der Waals surface area contributed by atoms with Gasteiger partial charge in [-0.05, 0) is 25.4 Å². The Labute approximate surface area is 114 Å². The first-order chi connectivity index (χ1) is 8.38. The molecule has 1 saturated heterocycles. The van der Waals surface area contributed by atoms with Gasteiger partial charge in [-0.15, -0.1) is 0 Å². The largest absolute Gasteiger partial charge is 0.312 e. The molecule has 0 spiro atoms. The smallest absolute Gasteiger partial charge is 0.0243 e. The van der Waals surface area contributed by atoms with E-state index in [-0.39, 0.29) is 0 Å². The first-order valence-electron chi connectivity index (χ1n) is 7.58. The fraction of sp³-hybridized carbons (Fsp3) is 1.00. The molecule has 0 bridgehead atoms. The van der Waals surface area contributed by atoms with Crippen LogP contribution < -0.4 is 5.32 Å². The van der Waals surface area contributed by atoms with Crippen LogP contribution in [0.25, 0.3) is 0 Å². The Morgan fingerprint density at radius 3 is 2.33 bits per heavy atom. The lowest BCUT2D eigenvalue weighted by Gasteiger charge is -2.43. The van der Waals surface area contributed by atoms with Crippen LogP contribution in [0.5, 0.6) is 0 Å². The third-order valence-corrected chi connectivity index (χ3v) is 4.19. The molecule has 1 rings (SSSR count). The molecule has 0 radical (unpaired) electrons. The topological polar surface area (TPSA) is 18.5 Å². The highest BCUT2D eigenvalue weighted by atomic mass is 15.3. The van der Waals surface area contributed by atoms with Crippen LogP contribution in [0.2, 0.25) is 0 Å². The van der Waals surface area contributed by atoms with E-state index in [2.05, 4.69) is 56.7 Å². The third kappa shape index (κ3) is 4.52. The van der Waals surface area contributed by atoms with Gasteiger partial charge in [0, 0.05) is 38.3 Å². The number of likely N-dealkylation sites (N-methyl/N-ethyl adjacent to an activating group) is 2. The number of rotatable bonds is 5. The molecule has 1 aliphatic heterocycles. The average molecular weight is 255 g/mol. The molecule has 1 heterocycles. The number of piperazine rings is 1. The van der Waals surface area contributed by atoms with Crippen molar-refractivity contribution in [2.45, 2.75) is 53.6 Å². The zero-order valence-electron chi connectivity index (χ0n) is 13.3. The van der Waals surface area contributed by atoms with Crippen molar-refractivity contribution in [3.63, 3.8) is 0 Å². The maximum atomic E-state index is 3.65. The zero-order valence-corrected chi connectivity index (χ0v) is 13.3. The second kappa shape index (κ2) is 6.88. The predicted octanol–water partition coefficient (Wildman–Crippen LogP) is 2.04. The first-order valence-corrected chi connectivity index (χ1v) is 7.58. The Morgan fingerprint density at radius 2 is 1.89 bits per heavy atom. The quantitative estimate of drug-likeness (QED) is 0.811. The van der Waals surface area contributed by atoms with Crippen molar-refractivity contribution in [3.05, 3.63) is 0 Å². The van der Waals surface area contributed by atoms with E-state index in [0.717, 1.165) is 6.54 Å². The lowest BCUT2D eigenvalue weighted by atomic mass is 9.86. The summed E-state index contributed by atoms with van der Waals surface area (Å²) in [5.41, 5.74) is 0.334. The molecule has 0 aliphatic carbocycles. The van der Waals surface area contributed by atoms with Crippen molar-refractivity contribution in [2.75, 3.05) is 39.3 Å². The van der Waals surface area contributed by atoms with Crippen LogP contribution in [0, 0.1) is 5.41 Å². The standard InChI is InChI=1S/C15H33N3/c1-7-16-14(15(4,5)6)12-17-9-10-18(8-2)13(3)11-17/h13-14,16H,7-12H2,1-6H3. The number of hydrogen-bond acceptors (Lipinski definition) is 3. The summed E-state index contributed by atoms with van der Waals surface area (Å²) in [5.74, 6) is 0. The molecule has 3 nitrogen and oxygen atoms in total. The van der Waals surface area contributed by atoms with Gasteiger partial charge in [-0.3, -0.25) is 9.80 Å². The molecule has 0 aromatic heterocycles. The normalized spacial score (nSPS) is 25.3. The maximum absolute atomic E-state index is 3.65. The predicted molar refractivity (Wildman–Crippen MR) is 80.1 cm³/mol.